The van der Waals surface area contributed by atoms with Gasteiger partial charge in [-0.15, -0.1) is 45.3 Å². The third kappa shape index (κ3) is 17.4. The van der Waals surface area contributed by atoms with Crippen LogP contribution in [0.15, 0.2) is 246 Å². The number of benzene rings is 6. The summed E-state index contributed by atoms with van der Waals surface area (Å²) >= 11 is 29.4. The number of pyridine rings is 2. The number of Topliss-reactive ketones (excluding diaryl/α,β-unsaturated/α-hetero) is 3. The lowest BCUT2D eigenvalue weighted by Gasteiger charge is -2.28. The number of allylic oxidation sites excluding steroid dienone is 7. The van der Waals surface area contributed by atoms with E-state index in [0.29, 0.717) is 118 Å². The minimum absolute atomic E-state index is 0.0455. The summed E-state index contributed by atoms with van der Waals surface area (Å²) in [5, 5.41) is 28.4. The highest BCUT2D eigenvalue weighted by Crippen LogP contribution is 2.56. The molecule has 4 aliphatic heterocycles. The molecule has 0 bridgehead atoms. The van der Waals surface area contributed by atoms with Crippen LogP contribution in [-0.2, 0) is 23.9 Å². The van der Waals surface area contributed by atoms with Gasteiger partial charge in [0.2, 0.25) is 23.1 Å². The van der Waals surface area contributed by atoms with E-state index in [1.807, 2.05) is 118 Å². The highest BCUT2D eigenvalue weighted by Gasteiger charge is 2.42. The van der Waals surface area contributed by atoms with Crippen LogP contribution in [0.2, 0.25) is 20.1 Å². The van der Waals surface area contributed by atoms with Crippen LogP contribution in [0, 0.1) is 10.1 Å². The normalized spacial score (nSPS) is 15.4. The van der Waals surface area contributed by atoms with Crippen molar-refractivity contribution < 1.29 is 48.0 Å². The second-order valence-electron chi connectivity index (χ2n) is 28.3. The summed E-state index contributed by atoms with van der Waals surface area (Å²) in [6, 6.07) is 50.8. The highest BCUT2D eigenvalue weighted by atomic mass is 35.5. The van der Waals surface area contributed by atoms with Gasteiger partial charge in [-0.1, -0.05) is 162 Å². The summed E-state index contributed by atoms with van der Waals surface area (Å²) in [5.74, 6) is -3.32. The van der Waals surface area contributed by atoms with Crippen molar-refractivity contribution in [2.75, 3.05) is 50.8 Å². The number of nitrogens with two attached hydrogens (primary N) is 4. The molecule has 0 radical (unpaired) electrons. The number of carbonyl (C=O) groups excluding carboxylic acids is 8. The van der Waals surface area contributed by atoms with E-state index >= 15 is 0 Å². The Labute approximate surface area is 731 Å². The number of thiophene rings is 4. The Morgan fingerprint density at radius 3 is 1.16 bits per heavy atom. The molecular weight excluding hydrogens is 1690 g/mol. The predicted molar refractivity (Wildman–Crippen MR) is 484 cm³/mol. The molecule has 4 unspecified atom stereocenters. The first-order valence-electron chi connectivity index (χ1n) is 37.5. The lowest BCUT2D eigenvalue weighted by Crippen LogP contribution is -2.24. The Hall–Kier alpha value is -12.5. The lowest BCUT2D eigenvalue weighted by atomic mass is 9.80. The predicted octanol–water partition coefficient (Wildman–Crippen LogP) is 21.2. The Bertz CT molecular complexity index is 6360. The molecule has 12 aromatic rings. The van der Waals surface area contributed by atoms with Gasteiger partial charge in [0, 0.05) is 150 Å². The minimum Gasteiger partial charge on any atom is -0.463 e. The number of hydrogen-bond acceptors (Lipinski definition) is 25. The average Bonchev–Trinajstić information content (AvgIpc) is 1.63. The first-order chi connectivity index (χ1) is 57.9. The van der Waals surface area contributed by atoms with Gasteiger partial charge in [-0.25, -0.2) is 4.79 Å². The summed E-state index contributed by atoms with van der Waals surface area (Å²) in [4.78, 5) is 124. The maximum absolute atomic E-state index is 13.3. The summed E-state index contributed by atoms with van der Waals surface area (Å²) in [6.45, 7) is 14.0. The third-order valence-electron chi connectivity index (χ3n) is 20.5. The number of fused-ring (bicyclic) bond motifs is 4. The number of ether oxygens (including phenoxy) is 1. The van der Waals surface area contributed by atoms with Gasteiger partial charge in [0.1, 0.15) is 19.5 Å². The van der Waals surface area contributed by atoms with Gasteiger partial charge in [0.25, 0.3) is 5.69 Å². The van der Waals surface area contributed by atoms with E-state index in [9.17, 15) is 48.5 Å². The van der Waals surface area contributed by atoms with Gasteiger partial charge in [-0.05, 0) is 126 Å². The summed E-state index contributed by atoms with van der Waals surface area (Å²) in [5.41, 5.74) is 40.2. The Morgan fingerprint density at radius 2 is 0.769 bits per heavy atom. The van der Waals surface area contributed by atoms with Crippen molar-refractivity contribution in [2.24, 2.45) is 0 Å². The molecule has 6 aromatic heterocycles. The highest BCUT2D eigenvalue weighted by molar-refractivity contribution is 7.20. The number of carbonyl (C=O) groups is 8. The molecule has 0 fully saturated rings. The number of nitrogens with one attached hydrogen (secondary N) is 4. The number of nitrogen functional groups attached to an aromatic ring is 4. The van der Waals surface area contributed by atoms with Gasteiger partial charge in [0.05, 0.1) is 74.9 Å². The van der Waals surface area contributed by atoms with Gasteiger partial charge < -0.3 is 48.9 Å². The van der Waals surface area contributed by atoms with Crippen LogP contribution in [0.3, 0.4) is 0 Å². The molecule has 121 heavy (non-hydrogen) atoms. The van der Waals surface area contributed by atoms with Crippen LogP contribution in [0.5, 0.6) is 0 Å². The molecule has 22 nitrogen and oxygen atoms in total. The molecule has 0 spiro atoms. The number of aromatic nitrogens is 2. The Morgan fingerprint density at radius 1 is 0.413 bits per heavy atom. The van der Waals surface area contributed by atoms with E-state index in [1.54, 1.807) is 88.0 Å². The fourth-order valence-electron chi connectivity index (χ4n) is 15.2. The number of non-ortho nitro benzene ring substituents is 1. The van der Waals surface area contributed by atoms with E-state index in [-0.39, 0.29) is 75.0 Å². The molecular formula is C91H75Cl4N11O11S4. The summed E-state index contributed by atoms with van der Waals surface area (Å²) < 4.78 is 5.34. The molecule has 10 heterocycles. The smallest absolute Gasteiger partial charge is 0.336 e. The largest absolute Gasteiger partial charge is 0.463 e. The van der Waals surface area contributed by atoms with Gasteiger partial charge in [0.15, 0.2) is 17.3 Å². The van der Waals surface area contributed by atoms with Crippen molar-refractivity contribution in [3.8, 4) is 0 Å². The van der Waals surface area contributed by atoms with Crippen LogP contribution in [0.25, 0.3) is 0 Å². The number of nitro benzene ring substituents is 1. The van der Waals surface area contributed by atoms with Gasteiger partial charge >= 0.3 is 5.97 Å². The molecule has 0 saturated heterocycles. The van der Waals surface area contributed by atoms with E-state index < -0.39 is 28.5 Å². The average molecular weight is 1770 g/mol. The molecule has 12 N–H and O–H groups in total. The van der Waals surface area contributed by atoms with Crippen LogP contribution in [0.4, 0.5) is 48.4 Å². The zero-order chi connectivity index (χ0) is 86.7. The molecule has 0 aliphatic carbocycles. The molecule has 0 amide bonds. The quantitative estimate of drug-likeness (QED) is 0.0171. The minimum atomic E-state index is -0.550. The van der Waals surface area contributed by atoms with Crippen molar-refractivity contribution in [3.05, 3.63) is 362 Å². The van der Waals surface area contributed by atoms with E-state index in [0.717, 1.165) is 59.8 Å². The number of hydrogen-bond donors (Lipinski definition) is 8. The monoisotopic (exact) mass is 1770 g/mol. The van der Waals surface area contributed by atoms with Gasteiger partial charge in [-0.3, -0.25) is 53.6 Å². The SMILES string of the molecule is CC(=O)C1=C(C)Nc2sc(C(=O)c3cc(Cl)ccc3Cl)c(N)c2C1c1ccccc1.CC(=O)C1=C(C)Nc2sc(C(=O)c3ccc(Cl)c(Cl)c3)c(N)c2C1c1cccnc1.CC(=O)C1=C(C)Nc2sc(C(=O)c3cccc([N+](=O)[O-])c3)c(N)c2C1c1cccnc1.CCOC(=O)C1=C(C)Nc2sc(C(=O)c3ccccc3)c(N)c2C1c1ccccc1. The zero-order valence-electron chi connectivity index (χ0n) is 65.9. The van der Waals surface area contributed by atoms with Gasteiger partial charge in [-0.2, -0.15) is 0 Å². The molecule has 30 heteroatoms. The zero-order valence-corrected chi connectivity index (χ0v) is 72.1. The second kappa shape index (κ2) is 36.6. The molecule has 16 rings (SSSR count). The summed E-state index contributed by atoms with van der Waals surface area (Å²) in [6.07, 6.45) is 6.71. The van der Waals surface area contributed by atoms with E-state index in [1.165, 1.54) is 95.6 Å². The third-order valence-corrected chi connectivity index (χ3v) is 26.4. The second-order valence-corrected chi connectivity index (χ2v) is 34.0. The van der Waals surface area contributed by atoms with Crippen LogP contribution in [-0.4, -0.2) is 68.0 Å². The first-order valence-corrected chi connectivity index (χ1v) is 42.3. The van der Waals surface area contributed by atoms with E-state index in [2.05, 4.69) is 31.2 Å². The number of nitro groups is 1. The number of rotatable bonds is 18. The fraction of sp³-hybridized carbons (Fsp3) is 0.143. The number of nitrogens with zero attached hydrogens (tertiary/aromatic N) is 3. The fourth-order valence-corrected chi connectivity index (χ4v) is 20.6. The number of halogens is 4. The van der Waals surface area contributed by atoms with Crippen molar-refractivity contribution in [3.63, 3.8) is 0 Å². The maximum Gasteiger partial charge on any atom is 0.336 e. The number of ketones is 7. The standard InChI is InChI=1S/C24H22N2O3S.C23H18Cl2N2O2S.C22H17Cl2N3O2S.C22H18N4O4S/c1-3-29-24(28)17-14(2)26-23-19(18(17)15-10-6-4-7-11-15)20(25)22(30-23)21(27)16-12-8-5-9-13-16;1-11-17(12(2)28)18(13-6-4-3-5-7-13)19-20(26)22(30-23(19)27-11)21(29)15-10-14(24)8-9-16(15)25;1-10-16(11(2)28)17(13-4-3-7-26-9-13)18-19(25)21(30-22(18)27-10)20(29)12-5-6-14(23)15(24)8-12;1-11-16(12(2)27)17(14-6-4-8-24-10-14)18-19(23)21(31-22(18)25-11)20(28)13-5-3-7-15(9-13)26(29)30/h4-13,18,26H,3,25H2,1-2H3;3-10,18,27H,26H2,1-2H3;3-9,17,27H,25H2,1-2H3;3-10,17,25H,23H2,1-2H3. The molecule has 6 aromatic carbocycles. The summed E-state index contributed by atoms with van der Waals surface area (Å²) in [7, 11) is 0. The van der Waals surface area contributed by atoms with Crippen molar-refractivity contribution in [1.29, 1.82) is 0 Å². The molecule has 4 aliphatic rings. The van der Waals surface area contributed by atoms with Crippen molar-refractivity contribution in [2.45, 2.75) is 79.1 Å². The van der Waals surface area contributed by atoms with E-state index in [4.69, 9.17) is 74.1 Å². The van der Waals surface area contributed by atoms with Crippen LogP contribution in [0.1, 0.15) is 185 Å². The first kappa shape index (κ1) is 86.4. The van der Waals surface area contributed by atoms with Crippen LogP contribution >= 0.6 is 91.8 Å². The number of anilines is 8. The molecule has 0 saturated carbocycles. The molecule has 612 valence electrons. The van der Waals surface area contributed by atoms with Crippen molar-refractivity contribution in [1.82, 2.24) is 9.97 Å². The number of esters is 1. The lowest BCUT2D eigenvalue weighted by molar-refractivity contribution is -0.384. The Balaban J connectivity index is 0.000000139. The molecule has 4 atom stereocenters. The van der Waals surface area contributed by atoms with Crippen molar-refractivity contribution >= 4 is 187 Å². The topological polar surface area (TPSA) is 367 Å². The maximum atomic E-state index is 13.3. The van der Waals surface area contributed by atoms with Crippen LogP contribution < -0.4 is 44.2 Å². The Kier molecular flexibility index (Phi) is 26.1.